The van der Waals surface area contributed by atoms with Crippen molar-refractivity contribution in [1.29, 1.82) is 0 Å². The Bertz CT molecular complexity index is 437. The van der Waals surface area contributed by atoms with E-state index in [1.165, 1.54) is 17.5 Å². The molecule has 0 spiro atoms. The Labute approximate surface area is 116 Å². The Morgan fingerprint density at radius 2 is 1.94 bits per heavy atom. The van der Waals surface area contributed by atoms with Crippen molar-refractivity contribution in [3.05, 3.63) is 34.4 Å². The van der Waals surface area contributed by atoms with Crippen LogP contribution in [0.4, 0.5) is 0 Å². The van der Waals surface area contributed by atoms with Crippen LogP contribution in [0.1, 0.15) is 55.5 Å². The summed E-state index contributed by atoms with van der Waals surface area (Å²) in [5.41, 5.74) is 6.01. The summed E-state index contributed by atoms with van der Waals surface area (Å²) in [6.45, 7) is 12.6. The number of rotatable bonds is 3. The van der Waals surface area contributed by atoms with Gasteiger partial charge in [-0.1, -0.05) is 19.1 Å². The van der Waals surface area contributed by atoms with Crippen molar-refractivity contribution in [2.75, 3.05) is 6.54 Å². The zero-order valence-corrected chi connectivity index (χ0v) is 13.1. The van der Waals surface area contributed by atoms with Crippen LogP contribution < -0.4 is 5.32 Å². The molecule has 1 N–H and O–H groups in total. The van der Waals surface area contributed by atoms with Gasteiger partial charge in [-0.05, 0) is 62.9 Å². The van der Waals surface area contributed by atoms with Gasteiger partial charge in [0, 0.05) is 16.5 Å². The molecule has 0 bridgehead atoms. The minimum atomic E-state index is 0.278. The molecule has 0 amide bonds. The highest BCUT2D eigenvalue weighted by Gasteiger charge is 2.37. The maximum atomic E-state index is 3.76. The van der Waals surface area contributed by atoms with Gasteiger partial charge in [0.2, 0.25) is 0 Å². The van der Waals surface area contributed by atoms with Crippen LogP contribution in [0.25, 0.3) is 0 Å². The normalized spacial score (nSPS) is 21.7. The van der Waals surface area contributed by atoms with Crippen molar-refractivity contribution < 1.29 is 0 Å². The van der Waals surface area contributed by atoms with E-state index in [9.17, 15) is 0 Å². The number of nitrogens with one attached hydrogen (secondary N) is 1. The van der Waals surface area contributed by atoms with Gasteiger partial charge in [0.25, 0.3) is 0 Å². The lowest BCUT2D eigenvalue weighted by Crippen LogP contribution is -2.41. The Balaban J connectivity index is 2.47. The molecule has 0 fully saturated rings. The number of hydrogen-bond donors (Lipinski definition) is 1. The zero-order valence-electron chi connectivity index (χ0n) is 12.3. The SMILES string of the molecule is CCCNC1c2c(C)ccc(C)c2CSC1(C)C. The quantitative estimate of drug-likeness (QED) is 0.869. The smallest absolute Gasteiger partial charge is 0.0469 e. The van der Waals surface area contributed by atoms with Gasteiger partial charge in [-0.15, -0.1) is 11.8 Å². The first-order valence-electron chi connectivity index (χ1n) is 6.93. The fourth-order valence-electron chi connectivity index (χ4n) is 2.81. The average Bonchev–Trinajstić information content (AvgIpc) is 2.32. The van der Waals surface area contributed by atoms with E-state index in [1.807, 2.05) is 0 Å². The van der Waals surface area contributed by atoms with Crippen molar-refractivity contribution in [3.8, 4) is 0 Å². The Kier molecular flexibility index (Phi) is 4.08. The Morgan fingerprint density at radius 1 is 1.28 bits per heavy atom. The lowest BCUT2D eigenvalue weighted by Gasteiger charge is -2.41. The molecular formula is C16H25NS. The Hall–Kier alpha value is -0.470. The van der Waals surface area contributed by atoms with Crippen LogP contribution in [-0.4, -0.2) is 11.3 Å². The summed E-state index contributed by atoms with van der Waals surface area (Å²) < 4.78 is 0.278. The van der Waals surface area contributed by atoms with Crippen LogP contribution in [-0.2, 0) is 5.75 Å². The molecule has 1 nitrogen and oxygen atoms in total. The summed E-state index contributed by atoms with van der Waals surface area (Å²) >= 11 is 2.08. The molecule has 0 saturated heterocycles. The van der Waals surface area contributed by atoms with Crippen LogP contribution in [0.3, 0.4) is 0 Å². The van der Waals surface area contributed by atoms with Crippen molar-refractivity contribution in [3.63, 3.8) is 0 Å². The van der Waals surface area contributed by atoms with Crippen LogP contribution in [0.5, 0.6) is 0 Å². The van der Waals surface area contributed by atoms with Gasteiger partial charge in [0.05, 0.1) is 0 Å². The molecule has 1 atom stereocenters. The molecule has 0 aliphatic carbocycles. The summed E-state index contributed by atoms with van der Waals surface area (Å²) in [7, 11) is 0. The standard InChI is InChI=1S/C16H25NS/c1-6-9-17-15-14-12(3)8-7-11(2)13(14)10-18-16(15,4)5/h7-8,15,17H,6,9-10H2,1-5H3. The first-order valence-corrected chi connectivity index (χ1v) is 7.92. The van der Waals surface area contributed by atoms with Crippen LogP contribution in [0.15, 0.2) is 12.1 Å². The zero-order chi connectivity index (χ0) is 13.3. The number of aryl methyl sites for hydroxylation is 2. The van der Waals surface area contributed by atoms with Crippen molar-refractivity contribution >= 4 is 11.8 Å². The van der Waals surface area contributed by atoms with E-state index < -0.39 is 0 Å². The second kappa shape index (κ2) is 5.26. The molecule has 2 rings (SSSR count). The van der Waals surface area contributed by atoms with E-state index in [-0.39, 0.29) is 4.75 Å². The first-order chi connectivity index (χ1) is 8.47. The molecular weight excluding hydrogens is 238 g/mol. The van der Waals surface area contributed by atoms with Crippen molar-refractivity contribution in [2.24, 2.45) is 0 Å². The van der Waals surface area contributed by atoms with Crippen LogP contribution in [0, 0.1) is 13.8 Å². The third-order valence-corrected chi connectivity index (χ3v) is 5.39. The van der Waals surface area contributed by atoms with Crippen molar-refractivity contribution in [2.45, 2.75) is 57.6 Å². The first kappa shape index (κ1) is 14.0. The van der Waals surface area contributed by atoms with E-state index in [0.29, 0.717) is 6.04 Å². The minimum absolute atomic E-state index is 0.278. The van der Waals surface area contributed by atoms with E-state index in [4.69, 9.17) is 0 Å². The molecule has 0 aromatic heterocycles. The molecule has 18 heavy (non-hydrogen) atoms. The maximum absolute atomic E-state index is 3.76. The minimum Gasteiger partial charge on any atom is -0.309 e. The maximum Gasteiger partial charge on any atom is 0.0469 e. The van der Waals surface area contributed by atoms with Gasteiger partial charge in [-0.25, -0.2) is 0 Å². The van der Waals surface area contributed by atoms with E-state index in [1.54, 1.807) is 11.1 Å². The van der Waals surface area contributed by atoms with Gasteiger partial charge in [-0.3, -0.25) is 0 Å². The number of benzene rings is 1. The van der Waals surface area contributed by atoms with E-state index >= 15 is 0 Å². The molecule has 1 aliphatic rings. The lowest BCUT2D eigenvalue weighted by atomic mass is 9.86. The molecule has 0 saturated carbocycles. The van der Waals surface area contributed by atoms with Gasteiger partial charge in [-0.2, -0.15) is 0 Å². The molecule has 100 valence electrons. The van der Waals surface area contributed by atoms with E-state index in [2.05, 4.69) is 63.8 Å². The molecule has 1 aromatic rings. The fraction of sp³-hybridized carbons (Fsp3) is 0.625. The van der Waals surface area contributed by atoms with Gasteiger partial charge >= 0.3 is 0 Å². The molecule has 1 heterocycles. The summed E-state index contributed by atoms with van der Waals surface area (Å²) in [4.78, 5) is 0. The van der Waals surface area contributed by atoms with Gasteiger partial charge in [0.1, 0.15) is 0 Å². The summed E-state index contributed by atoms with van der Waals surface area (Å²) in [6.07, 6.45) is 1.19. The van der Waals surface area contributed by atoms with Crippen LogP contribution >= 0.6 is 11.8 Å². The monoisotopic (exact) mass is 263 g/mol. The second-order valence-electron chi connectivity index (χ2n) is 5.87. The number of thioether (sulfide) groups is 1. The third-order valence-electron chi connectivity index (χ3n) is 3.98. The highest BCUT2D eigenvalue weighted by Crippen LogP contribution is 2.47. The summed E-state index contributed by atoms with van der Waals surface area (Å²) in [5, 5.41) is 3.76. The van der Waals surface area contributed by atoms with Crippen molar-refractivity contribution in [1.82, 2.24) is 5.32 Å². The van der Waals surface area contributed by atoms with Gasteiger partial charge < -0.3 is 5.32 Å². The molecule has 1 unspecified atom stereocenters. The summed E-state index contributed by atoms with van der Waals surface area (Å²) in [5.74, 6) is 1.15. The number of fused-ring (bicyclic) bond motifs is 1. The summed E-state index contributed by atoms with van der Waals surface area (Å²) in [6, 6.07) is 5.02. The van der Waals surface area contributed by atoms with Crippen LogP contribution in [0.2, 0.25) is 0 Å². The van der Waals surface area contributed by atoms with E-state index in [0.717, 1.165) is 12.3 Å². The molecule has 2 heteroatoms. The Morgan fingerprint density at radius 3 is 2.61 bits per heavy atom. The lowest BCUT2D eigenvalue weighted by molar-refractivity contribution is 0.437. The number of hydrogen-bond acceptors (Lipinski definition) is 2. The highest BCUT2D eigenvalue weighted by molar-refractivity contribution is 8.00. The second-order valence-corrected chi connectivity index (χ2v) is 7.50. The topological polar surface area (TPSA) is 12.0 Å². The molecule has 1 aromatic carbocycles. The largest absolute Gasteiger partial charge is 0.309 e. The fourth-order valence-corrected chi connectivity index (χ4v) is 4.08. The highest BCUT2D eigenvalue weighted by atomic mass is 32.2. The predicted octanol–water partition coefficient (Wildman–Crippen LogP) is 4.37. The van der Waals surface area contributed by atoms with Gasteiger partial charge in [0.15, 0.2) is 0 Å². The molecule has 1 aliphatic heterocycles. The third kappa shape index (κ3) is 2.46. The predicted molar refractivity (Wildman–Crippen MR) is 82.3 cm³/mol. The molecule has 0 radical (unpaired) electrons. The average molecular weight is 263 g/mol.